The molecule has 4 aromatic rings. The first kappa shape index (κ1) is 23.6. The highest BCUT2D eigenvalue weighted by Crippen LogP contribution is 2.38. The molecule has 4 nitrogen and oxygen atoms in total. The zero-order valence-corrected chi connectivity index (χ0v) is 20.6. The number of benzene rings is 4. The molecule has 0 aliphatic carbocycles. The first-order valence-electron chi connectivity index (χ1n) is 10.9. The van der Waals surface area contributed by atoms with Crippen LogP contribution in [-0.2, 0) is 6.61 Å². The van der Waals surface area contributed by atoms with E-state index in [2.05, 4.69) is 15.9 Å². The van der Waals surface area contributed by atoms with Crippen LogP contribution in [0, 0.1) is 0 Å². The molecule has 34 heavy (non-hydrogen) atoms. The summed E-state index contributed by atoms with van der Waals surface area (Å²) in [7, 11) is 3.21. The van der Waals surface area contributed by atoms with Gasteiger partial charge in [0.15, 0.2) is 17.3 Å². The van der Waals surface area contributed by atoms with Crippen LogP contribution in [-0.4, -0.2) is 20.0 Å². The highest BCUT2D eigenvalue weighted by atomic mass is 79.9. The van der Waals surface area contributed by atoms with E-state index < -0.39 is 0 Å². The van der Waals surface area contributed by atoms with E-state index in [4.69, 9.17) is 14.2 Å². The minimum absolute atomic E-state index is 0.0725. The molecule has 0 aliphatic rings. The maximum atomic E-state index is 12.9. The average Bonchev–Trinajstić information content (AvgIpc) is 2.91. The number of alkyl halides is 1. The number of ketones is 1. The van der Waals surface area contributed by atoms with Gasteiger partial charge in [-0.15, -0.1) is 0 Å². The lowest BCUT2D eigenvalue weighted by molar-refractivity contribution is 0.103. The summed E-state index contributed by atoms with van der Waals surface area (Å²) in [5, 5.41) is 0. The summed E-state index contributed by atoms with van der Waals surface area (Å²) in [5.74, 6) is 1.79. The van der Waals surface area contributed by atoms with Gasteiger partial charge in [0.2, 0.25) is 0 Å². The molecular weight excluding hydrogens is 492 g/mol. The maximum absolute atomic E-state index is 12.9. The Morgan fingerprint density at radius 2 is 1.32 bits per heavy atom. The van der Waals surface area contributed by atoms with E-state index in [-0.39, 0.29) is 10.6 Å². The Bertz CT molecular complexity index is 1260. The minimum atomic E-state index is -0.126. The predicted molar refractivity (Wildman–Crippen MR) is 137 cm³/mol. The Morgan fingerprint density at radius 3 is 1.97 bits per heavy atom. The van der Waals surface area contributed by atoms with E-state index in [0.717, 1.165) is 16.7 Å². The summed E-state index contributed by atoms with van der Waals surface area (Å²) < 4.78 is 17.1. The Hall–Kier alpha value is -3.57. The smallest absolute Gasteiger partial charge is 0.196 e. The zero-order valence-electron chi connectivity index (χ0n) is 19.0. The number of carbonyl (C=O) groups excluding carboxylic acids is 1. The number of carbonyl (C=O) groups is 1. The van der Waals surface area contributed by atoms with Crippen LogP contribution in [0.2, 0.25) is 0 Å². The summed E-state index contributed by atoms with van der Waals surface area (Å²) >= 11 is 3.79. The van der Waals surface area contributed by atoms with Crippen molar-refractivity contribution < 1.29 is 19.0 Å². The van der Waals surface area contributed by atoms with Crippen molar-refractivity contribution >= 4 is 21.7 Å². The molecule has 0 saturated heterocycles. The van der Waals surface area contributed by atoms with Gasteiger partial charge in [0.1, 0.15) is 12.4 Å². The van der Waals surface area contributed by atoms with Crippen LogP contribution >= 0.6 is 15.9 Å². The van der Waals surface area contributed by atoms with E-state index in [1.165, 1.54) is 0 Å². The molecule has 172 valence electrons. The van der Waals surface area contributed by atoms with Crippen LogP contribution < -0.4 is 14.2 Å². The maximum Gasteiger partial charge on any atom is 0.196 e. The lowest BCUT2D eigenvalue weighted by Gasteiger charge is -2.17. The molecule has 0 heterocycles. The monoisotopic (exact) mass is 516 g/mol. The highest BCUT2D eigenvalue weighted by molar-refractivity contribution is 9.09. The van der Waals surface area contributed by atoms with Crippen molar-refractivity contribution in [3.05, 3.63) is 125 Å². The van der Waals surface area contributed by atoms with E-state index >= 15 is 0 Å². The molecule has 0 radical (unpaired) electrons. The van der Waals surface area contributed by atoms with E-state index in [1.807, 2.05) is 84.9 Å². The highest BCUT2D eigenvalue weighted by Gasteiger charge is 2.19. The molecule has 0 fully saturated rings. The largest absolute Gasteiger partial charge is 0.496 e. The van der Waals surface area contributed by atoms with Crippen molar-refractivity contribution in [2.24, 2.45) is 0 Å². The average molecular weight is 517 g/mol. The van der Waals surface area contributed by atoms with Crippen molar-refractivity contribution in [2.45, 2.75) is 11.4 Å². The lowest BCUT2D eigenvalue weighted by atomic mass is 9.98. The first-order valence-corrected chi connectivity index (χ1v) is 11.8. The second-order valence-corrected chi connectivity index (χ2v) is 8.62. The molecule has 4 aromatic carbocycles. The van der Waals surface area contributed by atoms with Gasteiger partial charge >= 0.3 is 0 Å². The van der Waals surface area contributed by atoms with Gasteiger partial charge in [0, 0.05) is 5.56 Å². The molecule has 0 amide bonds. The summed E-state index contributed by atoms with van der Waals surface area (Å²) in [5.41, 5.74) is 4.19. The molecule has 0 bridgehead atoms. The summed E-state index contributed by atoms with van der Waals surface area (Å²) in [6.45, 7) is 0.461. The molecule has 1 unspecified atom stereocenters. The molecular formula is C29H25BrO4. The number of rotatable bonds is 9. The topological polar surface area (TPSA) is 44.8 Å². The van der Waals surface area contributed by atoms with Crippen molar-refractivity contribution in [1.29, 1.82) is 0 Å². The summed E-state index contributed by atoms with van der Waals surface area (Å²) in [6.07, 6.45) is 0. The number of hydrogen-bond acceptors (Lipinski definition) is 4. The fourth-order valence-electron chi connectivity index (χ4n) is 3.69. The third kappa shape index (κ3) is 5.32. The number of halogens is 1. The Labute approximate surface area is 208 Å². The quantitative estimate of drug-likeness (QED) is 0.177. The normalized spacial score (nSPS) is 11.5. The molecule has 4 rings (SSSR count). The minimum Gasteiger partial charge on any atom is -0.496 e. The number of methoxy groups -OCH3 is 2. The van der Waals surface area contributed by atoms with Crippen LogP contribution in [0.5, 0.6) is 17.2 Å². The second-order valence-electron chi connectivity index (χ2n) is 7.70. The van der Waals surface area contributed by atoms with Crippen molar-refractivity contribution in [2.75, 3.05) is 14.2 Å². The Kier molecular flexibility index (Phi) is 7.65. The third-order valence-corrected chi connectivity index (χ3v) is 6.57. The summed E-state index contributed by atoms with van der Waals surface area (Å²) in [6, 6.07) is 30.7. The van der Waals surface area contributed by atoms with E-state index in [1.54, 1.807) is 26.4 Å². The van der Waals surface area contributed by atoms with Gasteiger partial charge in [0.25, 0.3) is 0 Å². The standard InChI is InChI=1S/C29H25BrO4/c1-32-26-17-22(13-15-24(26)29(31)21-11-7-4-8-12-21)28(30)23-14-16-25(27(18-23)33-2)34-19-20-9-5-3-6-10-20/h3-18,28H,19H2,1-2H3. The molecule has 1 atom stereocenters. The molecule has 0 aliphatic heterocycles. The third-order valence-electron chi connectivity index (χ3n) is 5.52. The van der Waals surface area contributed by atoms with Crippen LogP contribution in [0.15, 0.2) is 97.1 Å². The van der Waals surface area contributed by atoms with Crippen LogP contribution in [0.3, 0.4) is 0 Å². The van der Waals surface area contributed by atoms with Crippen molar-refractivity contribution in [3.8, 4) is 17.2 Å². The SMILES string of the molecule is COc1cc(C(Br)c2ccc(C(=O)c3ccccc3)c(OC)c2)ccc1OCc1ccccc1. The number of hydrogen-bond donors (Lipinski definition) is 0. The second kappa shape index (κ2) is 11.0. The van der Waals surface area contributed by atoms with Gasteiger partial charge in [-0.25, -0.2) is 0 Å². The van der Waals surface area contributed by atoms with Crippen LogP contribution in [0.4, 0.5) is 0 Å². The summed E-state index contributed by atoms with van der Waals surface area (Å²) in [4.78, 5) is 12.8. The van der Waals surface area contributed by atoms with Gasteiger partial charge in [0.05, 0.1) is 24.6 Å². The van der Waals surface area contributed by atoms with E-state index in [0.29, 0.717) is 35.0 Å². The van der Waals surface area contributed by atoms with Gasteiger partial charge in [-0.05, 0) is 41.0 Å². The molecule has 0 N–H and O–H groups in total. The molecule has 5 heteroatoms. The molecule has 0 saturated carbocycles. The van der Waals surface area contributed by atoms with Crippen LogP contribution in [0.1, 0.15) is 37.4 Å². The predicted octanol–water partition coefficient (Wildman–Crippen LogP) is 7.00. The fourth-order valence-corrected chi connectivity index (χ4v) is 4.26. The Morgan fingerprint density at radius 1 is 0.735 bits per heavy atom. The van der Waals surface area contributed by atoms with Gasteiger partial charge < -0.3 is 14.2 Å². The van der Waals surface area contributed by atoms with Gasteiger partial charge in [-0.3, -0.25) is 4.79 Å². The number of ether oxygens (including phenoxy) is 3. The first-order chi connectivity index (χ1) is 16.6. The fraction of sp³-hybridized carbons (Fsp3) is 0.138. The Balaban J connectivity index is 1.56. The van der Waals surface area contributed by atoms with Gasteiger partial charge in [-0.2, -0.15) is 0 Å². The van der Waals surface area contributed by atoms with Crippen LogP contribution in [0.25, 0.3) is 0 Å². The van der Waals surface area contributed by atoms with Crippen molar-refractivity contribution in [1.82, 2.24) is 0 Å². The molecule has 0 spiro atoms. The molecule has 0 aromatic heterocycles. The van der Waals surface area contributed by atoms with Crippen molar-refractivity contribution in [3.63, 3.8) is 0 Å². The zero-order chi connectivity index (χ0) is 23.9. The lowest BCUT2D eigenvalue weighted by Crippen LogP contribution is -2.05. The van der Waals surface area contributed by atoms with E-state index in [9.17, 15) is 4.79 Å². The van der Waals surface area contributed by atoms with Gasteiger partial charge in [-0.1, -0.05) is 88.7 Å².